The molecule has 2 heteroatoms. The van der Waals surface area contributed by atoms with Crippen LogP contribution in [0.25, 0.3) is 11.6 Å². The van der Waals surface area contributed by atoms with Gasteiger partial charge in [-0.25, -0.2) is 4.79 Å². The summed E-state index contributed by atoms with van der Waals surface area (Å²) >= 11 is 0. The van der Waals surface area contributed by atoms with Crippen molar-refractivity contribution in [3.8, 4) is 0 Å². The molecule has 0 aliphatic carbocycles. The third kappa shape index (κ3) is 3.93. The number of carbonyl (C=O) groups is 1. The first-order chi connectivity index (χ1) is 10.2. The fourth-order valence-corrected chi connectivity index (χ4v) is 2.06. The second-order valence-corrected chi connectivity index (χ2v) is 4.64. The van der Waals surface area contributed by atoms with Crippen LogP contribution in [0.1, 0.15) is 18.1 Å². The minimum absolute atomic E-state index is 0.313. The largest absolute Gasteiger partial charge is 0.466 e. The Hall–Kier alpha value is -2.61. The first-order valence-electron chi connectivity index (χ1n) is 6.80. The van der Waals surface area contributed by atoms with Crippen molar-refractivity contribution < 1.29 is 9.53 Å². The van der Waals surface area contributed by atoms with Crippen molar-refractivity contribution in [1.82, 2.24) is 0 Å². The van der Waals surface area contributed by atoms with Crippen LogP contribution in [-0.2, 0) is 9.53 Å². The Balaban J connectivity index is 2.43. The van der Waals surface area contributed by atoms with Crippen molar-refractivity contribution in [3.63, 3.8) is 0 Å². The molecule has 0 atom stereocenters. The summed E-state index contributed by atoms with van der Waals surface area (Å²) in [7, 11) is 1.40. The highest BCUT2D eigenvalue weighted by atomic mass is 16.5. The van der Waals surface area contributed by atoms with E-state index in [1.165, 1.54) is 7.11 Å². The lowest BCUT2D eigenvalue weighted by molar-refractivity contribution is -0.135. The molecule has 0 saturated carbocycles. The molecular formula is C19H18O2. The summed E-state index contributed by atoms with van der Waals surface area (Å²) in [4.78, 5) is 11.8. The second kappa shape index (κ2) is 7.25. The van der Waals surface area contributed by atoms with Crippen molar-refractivity contribution in [2.75, 3.05) is 7.11 Å². The number of carbonyl (C=O) groups excluding carboxylic acids is 1. The molecule has 21 heavy (non-hydrogen) atoms. The Morgan fingerprint density at radius 3 is 2.10 bits per heavy atom. The van der Waals surface area contributed by atoms with E-state index in [0.717, 1.165) is 16.7 Å². The van der Waals surface area contributed by atoms with Crippen LogP contribution in [0.2, 0.25) is 0 Å². The van der Waals surface area contributed by atoms with Gasteiger partial charge < -0.3 is 4.74 Å². The van der Waals surface area contributed by atoms with E-state index in [1.54, 1.807) is 6.92 Å². The molecule has 0 radical (unpaired) electrons. The van der Waals surface area contributed by atoms with Crippen molar-refractivity contribution >= 4 is 17.6 Å². The maximum absolute atomic E-state index is 11.8. The van der Waals surface area contributed by atoms with Gasteiger partial charge in [0.05, 0.1) is 7.11 Å². The highest BCUT2D eigenvalue weighted by Gasteiger charge is 2.10. The molecule has 0 heterocycles. The lowest BCUT2D eigenvalue weighted by Crippen LogP contribution is -2.04. The highest BCUT2D eigenvalue weighted by molar-refractivity contribution is 6.00. The van der Waals surface area contributed by atoms with Crippen LogP contribution >= 0.6 is 0 Å². The van der Waals surface area contributed by atoms with Gasteiger partial charge in [0.1, 0.15) is 0 Å². The van der Waals surface area contributed by atoms with Crippen LogP contribution in [0.5, 0.6) is 0 Å². The van der Waals surface area contributed by atoms with Gasteiger partial charge in [-0.2, -0.15) is 0 Å². The van der Waals surface area contributed by atoms with E-state index in [4.69, 9.17) is 4.74 Å². The lowest BCUT2D eigenvalue weighted by Gasteiger charge is -2.07. The molecule has 0 aliphatic rings. The third-order valence-electron chi connectivity index (χ3n) is 3.22. The molecule has 0 spiro atoms. The molecule has 0 saturated heterocycles. The Morgan fingerprint density at radius 2 is 1.52 bits per heavy atom. The fourth-order valence-electron chi connectivity index (χ4n) is 2.06. The Kier molecular flexibility index (Phi) is 5.10. The summed E-state index contributed by atoms with van der Waals surface area (Å²) in [5.41, 5.74) is 3.54. The predicted octanol–water partition coefficient (Wildman–Crippen LogP) is 4.35. The van der Waals surface area contributed by atoms with Crippen LogP contribution in [0, 0.1) is 0 Å². The quantitative estimate of drug-likeness (QED) is 0.472. The SMILES string of the molecule is COC(=O)/C(C)=C(/C=C/c1ccccc1)c1ccccc1. The van der Waals surface area contributed by atoms with Gasteiger partial charge in [0.25, 0.3) is 0 Å². The zero-order valence-electron chi connectivity index (χ0n) is 12.2. The number of rotatable bonds is 4. The number of allylic oxidation sites excluding steroid dienone is 2. The van der Waals surface area contributed by atoms with Gasteiger partial charge in [-0.15, -0.1) is 0 Å². The van der Waals surface area contributed by atoms with E-state index in [-0.39, 0.29) is 5.97 Å². The monoisotopic (exact) mass is 278 g/mol. The molecule has 0 fully saturated rings. The van der Waals surface area contributed by atoms with Crippen LogP contribution in [0.15, 0.2) is 72.3 Å². The van der Waals surface area contributed by atoms with Crippen LogP contribution in [0.4, 0.5) is 0 Å². The van der Waals surface area contributed by atoms with E-state index < -0.39 is 0 Å². The van der Waals surface area contributed by atoms with Crippen LogP contribution in [0.3, 0.4) is 0 Å². The number of hydrogen-bond donors (Lipinski definition) is 0. The molecule has 0 N–H and O–H groups in total. The topological polar surface area (TPSA) is 26.3 Å². The van der Waals surface area contributed by atoms with Crippen molar-refractivity contribution in [3.05, 3.63) is 83.4 Å². The number of hydrogen-bond acceptors (Lipinski definition) is 2. The van der Waals surface area contributed by atoms with Gasteiger partial charge in [-0.1, -0.05) is 72.8 Å². The van der Waals surface area contributed by atoms with Gasteiger partial charge in [0.2, 0.25) is 0 Å². The molecule has 0 aliphatic heterocycles. The lowest BCUT2D eigenvalue weighted by atomic mass is 9.99. The highest BCUT2D eigenvalue weighted by Crippen LogP contribution is 2.22. The van der Waals surface area contributed by atoms with Gasteiger partial charge in [0.15, 0.2) is 0 Å². The first kappa shape index (κ1) is 14.8. The Morgan fingerprint density at radius 1 is 0.952 bits per heavy atom. The number of esters is 1. The van der Waals surface area contributed by atoms with Gasteiger partial charge in [-0.05, 0) is 23.6 Å². The molecule has 106 valence electrons. The van der Waals surface area contributed by atoms with Crippen molar-refractivity contribution in [1.29, 1.82) is 0 Å². The summed E-state index contributed by atoms with van der Waals surface area (Å²) in [6.45, 7) is 1.78. The molecule has 0 bridgehead atoms. The van der Waals surface area contributed by atoms with E-state index >= 15 is 0 Å². The van der Waals surface area contributed by atoms with E-state index in [1.807, 2.05) is 72.8 Å². The summed E-state index contributed by atoms with van der Waals surface area (Å²) in [5, 5.41) is 0. The van der Waals surface area contributed by atoms with Gasteiger partial charge in [0, 0.05) is 5.57 Å². The van der Waals surface area contributed by atoms with Gasteiger partial charge >= 0.3 is 5.97 Å². The third-order valence-corrected chi connectivity index (χ3v) is 3.22. The normalized spacial score (nSPS) is 12.1. The molecule has 0 amide bonds. The average Bonchev–Trinajstić information content (AvgIpc) is 2.56. The fraction of sp³-hybridized carbons (Fsp3) is 0.105. The van der Waals surface area contributed by atoms with Crippen LogP contribution < -0.4 is 0 Å². The maximum Gasteiger partial charge on any atom is 0.334 e. The second-order valence-electron chi connectivity index (χ2n) is 4.64. The molecular weight excluding hydrogens is 260 g/mol. The molecule has 0 aromatic heterocycles. The van der Waals surface area contributed by atoms with E-state index in [0.29, 0.717) is 5.57 Å². The molecule has 2 rings (SSSR count). The van der Waals surface area contributed by atoms with E-state index in [9.17, 15) is 4.79 Å². The van der Waals surface area contributed by atoms with Crippen molar-refractivity contribution in [2.45, 2.75) is 6.92 Å². The number of benzene rings is 2. The predicted molar refractivity (Wildman–Crippen MR) is 86.5 cm³/mol. The molecule has 2 nitrogen and oxygen atoms in total. The zero-order chi connectivity index (χ0) is 15.1. The maximum atomic E-state index is 11.8. The number of ether oxygens (including phenoxy) is 1. The standard InChI is InChI=1S/C19H18O2/c1-15(19(20)21-2)18(17-11-7-4-8-12-17)14-13-16-9-5-3-6-10-16/h3-14H,1-2H3/b14-13+,18-15-. The Bertz CT molecular complexity index is 652. The van der Waals surface area contributed by atoms with Gasteiger partial charge in [-0.3, -0.25) is 0 Å². The minimum atomic E-state index is -0.313. The summed E-state index contributed by atoms with van der Waals surface area (Å²) in [5.74, 6) is -0.313. The molecule has 0 unspecified atom stereocenters. The van der Waals surface area contributed by atoms with Crippen LogP contribution in [-0.4, -0.2) is 13.1 Å². The molecule has 2 aromatic rings. The summed E-state index contributed by atoms with van der Waals surface area (Å²) in [6, 6.07) is 19.8. The first-order valence-corrected chi connectivity index (χ1v) is 6.80. The van der Waals surface area contributed by atoms with Crippen molar-refractivity contribution in [2.24, 2.45) is 0 Å². The Labute approximate surface area is 125 Å². The summed E-state index contributed by atoms with van der Waals surface area (Å²) in [6.07, 6.45) is 3.95. The van der Waals surface area contributed by atoms with E-state index in [2.05, 4.69) is 0 Å². The number of methoxy groups -OCH3 is 1. The molecule has 2 aromatic carbocycles. The smallest absolute Gasteiger partial charge is 0.334 e. The summed E-state index contributed by atoms with van der Waals surface area (Å²) < 4.78 is 4.84. The minimum Gasteiger partial charge on any atom is -0.466 e. The average molecular weight is 278 g/mol. The zero-order valence-corrected chi connectivity index (χ0v) is 12.2.